The third-order valence-electron chi connectivity index (χ3n) is 3.70. The van der Waals surface area contributed by atoms with E-state index in [1.807, 2.05) is 11.8 Å². The first-order valence-electron chi connectivity index (χ1n) is 6.40. The highest BCUT2D eigenvalue weighted by Crippen LogP contribution is 2.32. The lowest BCUT2D eigenvalue weighted by Crippen LogP contribution is -2.43. The van der Waals surface area contributed by atoms with Gasteiger partial charge in [-0.05, 0) is 25.3 Å². The van der Waals surface area contributed by atoms with Crippen LogP contribution in [0.5, 0.6) is 0 Å². The summed E-state index contributed by atoms with van der Waals surface area (Å²) in [6, 6.07) is 4.73. The first-order valence-corrected chi connectivity index (χ1v) is 6.40. The molecule has 1 saturated heterocycles. The Bertz CT molecular complexity index is 422. The van der Waals surface area contributed by atoms with Crippen molar-refractivity contribution in [2.45, 2.75) is 32.5 Å². The number of anilines is 1. The van der Waals surface area contributed by atoms with Crippen molar-refractivity contribution in [1.82, 2.24) is 0 Å². The minimum atomic E-state index is -0.716. The van der Waals surface area contributed by atoms with E-state index in [4.69, 9.17) is 0 Å². The van der Waals surface area contributed by atoms with Crippen LogP contribution in [-0.2, 0) is 0 Å². The third-order valence-corrected chi connectivity index (χ3v) is 3.70. The number of aliphatic hydroxyl groups is 2. The van der Waals surface area contributed by atoms with Crippen molar-refractivity contribution in [3.8, 4) is 0 Å². The van der Waals surface area contributed by atoms with E-state index in [9.17, 15) is 14.6 Å². The Morgan fingerprint density at radius 2 is 2.17 bits per heavy atom. The van der Waals surface area contributed by atoms with Crippen LogP contribution in [0.25, 0.3) is 0 Å². The lowest BCUT2D eigenvalue weighted by molar-refractivity contribution is 0.102. The predicted octanol–water partition coefficient (Wildman–Crippen LogP) is 2.09. The zero-order valence-corrected chi connectivity index (χ0v) is 10.8. The van der Waals surface area contributed by atoms with Gasteiger partial charge in [-0.1, -0.05) is 19.1 Å². The van der Waals surface area contributed by atoms with E-state index >= 15 is 0 Å². The van der Waals surface area contributed by atoms with Gasteiger partial charge in [-0.15, -0.1) is 0 Å². The summed E-state index contributed by atoms with van der Waals surface area (Å²) in [7, 11) is 0. The molecule has 0 bridgehead atoms. The maximum atomic E-state index is 14.0. The van der Waals surface area contributed by atoms with Crippen LogP contribution in [-0.4, -0.2) is 29.4 Å². The van der Waals surface area contributed by atoms with Gasteiger partial charge in [0.25, 0.3) is 0 Å². The Hall–Kier alpha value is -1.13. The highest BCUT2D eigenvalue weighted by atomic mass is 19.1. The van der Waals surface area contributed by atoms with Crippen LogP contribution in [0, 0.1) is 11.7 Å². The molecule has 2 rings (SSSR count). The van der Waals surface area contributed by atoms with Gasteiger partial charge in [-0.2, -0.15) is 0 Å². The molecule has 2 unspecified atom stereocenters. The number of hydrogen-bond donors (Lipinski definition) is 2. The van der Waals surface area contributed by atoms with Gasteiger partial charge in [0, 0.05) is 18.7 Å². The highest BCUT2D eigenvalue weighted by molar-refractivity contribution is 5.56. The number of hydrogen-bond acceptors (Lipinski definition) is 3. The molecular formula is C14H20FNO2. The summed E-state index contributed by atoms with van der Waals surface area (Å²) in [5.41, 5.74) is 1.01. The molecule has 1 aliphatic rings. The number of rotatable bonds is 2. The Morgan fingerprint density at radius 1 is 1.44 bits per heavy atom. The standard InChI is InChI=1S/C14H20FNO2/c1-9-6-7-16(8-13(9)18)14-11(10(2)17)4-3-5-12(14)15/h3-5,9-10,13,17-18H,6-8H2,1-2H3/t9?,10-,13?/m1/s1. The van der Waals surface area contributed by atoms with Crippen LogP contribution in [0.3, 0.4) is 0 Å². The molecule has 1 heterocycles. The second kappa shape index (κ2) is 5.24. The molecular weight excluding hydrogens is 233 g/mol. The van der Waals surface area contributed by atoms with E-state index in [-0.39, 0.29) is 11.7 Å². The number of halogens is 1. The molecule has 3 atom stereocenters. The number of piperidine rings is 1. The molecule has 0 aromatic heterocycles. The van der Waals surface area contributed by atoms with E-state index in [1.54, 1.807) is 19.1 Å². The van der Waals surface area contributed by atoms with Crippen LogP contribution < -0.4 is 4.90 Å². The number of aliphatic hydroxyl groups excluding tert-OH is 2. The van der Waals surface area contributed by atoms with Crippen molar-refractivity contribution in [2.24, 2.45) is 5.92 Å². The molecule has 3 nitrogen and oxygen atoms in total. The van der Waals surface area contributed by atoms with Gasteiger partial charge >= 0.3 is 0 Å². The van der Waals surface area contributed by atoms with E-state index in [0.717, 1.165) is 6.42 Å². The number of β-amino-alcohol motifs (C(OH)–C–C–N with tert-alkyl or cyclic N) is 1. The van der Waals surface area contributed by atoms with Crippen molar-refractivity contribution < 1.29 is 14.6 Å². The fraction of sp³-hybridized carbons (Fsp3) is 0.571. The summed E-state index contributed by atoms with van der Waals surface area (Å²) >= 11 is 0. The normalized spacial score (nSPS) is 26.2. The molecule has 1 aliphatic heterocycles. The molecule has 4 heteroatoms. The van der Waals surface area contributed by atoms with Crippen LogP contribution in [0.4, 0.5) is 10.1 Å². The van der Waals surface area contributed by atoms with Crippen LogP contribution in [0.2, 0.25) is 0 Å². The summed E-state index contributed by atoms with van der Waals surface area (Å²) < 4.78 is 14.0. The third kappa shape index (κ3) is 2.49. The van der Waals surface area contributed by atoms with Crippen LogP contribution >= 0.6 is 0 Å². The van der Waals surface area contributed by atoms with Gasteiger partial charge in [0.15, 0.2) is 0 Å². The van der Waals surface area contributed by atoms with Gasteiger partial charge in [0.2, 0.25) is 0 Å². The Kier molecular flexibility index (Phi) is 3.88. The van der Waals surface area contributed by atoms with Gasteiger partial charge in [0.05, 0.1) is 17.9 Å². The SMILES string of the molecule is CC1CCN(c2c(F)cccc2[C@@H](C)O)CC1O. The summed E-state index contributed by atoms with van der Waals surface area (Å²) in [5, 5.41) is 19.6. The summed E-state index contributed by atoms with van der Waals surface area (Å²) in [6.07, 6.45) is -0.332. The Balaban J connectivity index is 2.33. The molecule has 0 spiro atoms. The average Bonchev–Trinajstić information content (AvgIpc) is 2.32. The molecule has 100 valence electrons. The molecule has 1 fully saturated rings. The molecule has 0 radical (unpaired) electrons. The quantitative estimate of drug-likeness (QED) is 0.848. The molecule has 1 aromatic rings. The predicted molar refractivity (Wildman–Crippen MR) is 69.0 cm³/mol. The zero-order valence-electron chi connectivity index (χ0n) is 10.8. The smallest absolute Gasteiger partial charge is 0.146 e. The van der Waals surface area contributed by atoms with E-state index in [2.05, 4.69) is 0 Å². The molecule has 2 N–H and O–H groups in total. The molecule has 0 saturated carbocycles. The maximum Gasteiger partial charge on any atom is 0.146 e. The summed E-state index contributed by atoms with van der Waals surface area (Å²) in [4.78, 5) is 1.84. The highest BCUT2D eigenvalue weighted by Gasteiger charge is 2.27. The topological polar surface area (TPSA) is 43.7 Å². The largest absolute Gasteiger partial charge is 0.391 e. The van der Waals surface area contributed by atoms with Gasteiger partial charge in [0.1, 0.15) is 5.82 Å². The Morgan fingerprint density at radius 3 is 2.78 bits per heavy atom. The Labute approximate surface area is 107 Å². The van der Waals surface area contributed by atoms with Gasteiger partial charge in [-0.25, -0.2) is 4.39 Å². The zero-order chi connectivity index (χ0) is 13.3. The number of para-hydroxylation sites is 1. The lowest BCUT2D eigenvalue weighted by Gasteiger charge is -2.37. The van der Waals surface area contributed by atoms with Gasteiger partial charge < -0.3 is 15.1 Å². The monoisotopic (exact) mass is 253 g/mol. The van der Waals surface area contributed by atoms with Crippen molar-refractivity contribution >= 4 is 5.69 Å². The maximum absolute atomic E-state index is 14.0. The minimum Gasteiger partial charge on any atom is -0.391 e. The molecule has 0 aliphatic carbocycles. The molecule has 1 aromatic carbocycles. The fourth-order valence-electron chi connectivity index (χ4n) is 2.45. The fourth-order valence-corrected chi connectivity index (χ4v) is 2.45. The lowest BCUT2D eigenvalue weighted by atomic mass is 9.94. The van der Waals surface area contributed by atoms with E-state index in [0.29, 0.717) is 24.3 Å². The van der Waals surface area contributed by atoms with Crippen LogP contribution in [0.15, 0.2) is 18.2 Å². The second-order valence-electron chi connectivity index (χ2n) is 5.13. The first kappa shape index (κ1) is 13.3. The van der Waals surface area contributed by atoms with Crippen LogP contribution in [0.1, 0.15) is 31.9 Å². The van der Waals surface area contributed by atoms with E-state index in [1.165, 1.54) is 6.07 Å². The van der Waals surface area contributed by atoms with E-state index < -0.39 is 12.2 Å². The minimum absolute atomic E-state index is 0.239. The molecule has 18 heavy (non-hydrogen) atoms. The average molecular weight is 253 g/mol. The van der Waals surface area contributed by atoms with Crippen molar-refractivity contribution in [3.05, 3.63) is 29.6 Å². The second-order valence-corrected chi connectivity index (χ2v) is 5.13. The summed E-state index contributed by atoms with van der Waals surface area (Å²) in [6.45, 7) is 4.75. The van der Waals surface area contributed by atoms with Crippen molar-refractivity contribution in [2.75, 3.05) is 18.0 Å². The molecule has 0 amide bonds. The summed E-state index contributed by atoms with van der Waals surface area (Å²) in [5.74, 6) is -0.0989. The first-order chi connectivity index (χ1) is 8.50. The number of nitrogens with zero attached hydrogens (tertiary/aromatic N) is 1. The number of benzene rings is 1. The van der Waals surface area contributed by atoms with Gasteiger partial charge in [-0.3, -0.25) is 0 Å². The van der Waals surface area contributed by atoms with Crippen molar-refractivity contribution in [1.29, 1.82) is 0 Å². The van der Waals surface area contributed by atoms with Crippen molar-refractivity contribution in [3.63, 3.8) is 0 Å².